The minimum Gasteiger partial charge on any atom is -0.435 e. The lowest BCUT2D eigenvalue weighted by Gasteiger charge is -2.06. The van der Waals surface area contributed by atoms with Crippen molar-refractivity contribution in [2.45, 2.75) is 17.5 Å². The average molecular weight is 348 g/mol. The summed E-state index contributed by atoms with van der Waals surface area (Å²) >= 11 is 1.47. The number of benzene rings is 2. The number of rotatable bonds is 6. The molecule has 1 aromatic heterocycles. The Morgan fingerprint density at radius 1 is 1.04 bits per heavy atom. The summed E-state index contributed by atoms with van der Waals surface area (Å²) in [5, 5.41) is 8.72. The fraction of sp³-hybridized carbons (Fsp3) is 0.125. The van der Waals surface area contributed by atoms with E-state index in [0.29, 0.717) is 16.5 Å². The number of hydrogen-bond donors (Lipinski definition) is 1. The smallest absolute Gasteiger partial charge is 0.387 e. The normalized spacial score (nSPS) is 11.0. The van der Waals surface area contributed by atoms with E-state index < -0.39 is 6.61 Å². The molecule has 2 aromatic carbocycles. The topological polar surface area (TPSA) is 66.0 Å². The molecule has 0 unspecified atom stereocenters. The molecule has 5 nitrogen and oxygen atoms in total. The second-order valence-electron chi connectivity index (χ2n) is 4.85. The largest absolute Gasteiger partial charge is 0.435 e. The number of alkyl halides is 2. The van der Waals surface area contributed by atoms with Gasteiger partial charge in [-0.15, -0.1) is 10.2 Å². The first-order valence-corrected chi connectivity index (χ1v) is 8.04. The molecule has 124 valence electrons. The fourth-order valence-electron chi connectivity index (χ4n) is 2.08. The van der Waals surface area contributed by atoms with Crippen molar-refractivity contribution >= 4 is 11.8 Å². The van der Waals surface area contributed by atoms with Gasteiger partial charge in [-0.3, -0.25) is 0 Å². The number of hydrogen-bond acceptors (Lipinski definition) is 5. The van der Waals surface area contributed by atoms with Crippen LogP contribution < -0.4 is 10.6 Å². The van der Waals surface area contributed by atoms with Crippen LogP contribution in [0.2, 0.25) is 0 Å². The van der Waals surface area contributed by atoms with Crippen molar-refractivity contribution in [1.82, 2.24) is 14.9 Å². The lowest BCUT2D eigenvalue weighted by atomic mass is 10.2. The molecule has 0 spiro atoms. The van der Waals surface area contributed by atoms with Gasteiger partial charge in [0.25, 0.3) is 0 Å². The van der Waals surface area contributed by atoms with Gasteiger partial charge in [0.1, 0.15) is 5.75 Å². The van der Waals surface area contributed by atoms with E-state index in [1.807, 2.05) is 30.3 Å². The Balaban J connectivity index is 1.72. The van der Waals surface area contributed by atoms with E-state index in [2.05, 4.69) is 14.9 Å². The first kappa shape index (κ1) is 16.3. The summed E-state index contributed by atoms with van der Waals surface area (Å²) in [4.78, 5) is 0. The summed E-state index contributed by atoms with van der Waals surface area (Å²) in [6.07, 6.45) is 0. The van der Waals surface area contributed by atoms with E-state index in [1.54, 1.807) is 12.1 Å². The number of thioether (sulfide) groups is 1. The number of halogens is 2. The van der Waals surface area contributed by atoms with Crippen LogP contribution in [0.1, 0.15) is 5.56 Å². The Hall–Kier alpha value is -2.61. The SMILES string of the molecule is Nn1c(SCc2ccccc2)nnc1-c1ccc(OC(F)F)cc1. The quantitative estimate of drug-likeness (QED) is 0.545. The molecule has 0 radical (unpaired) electrons. The van der Waals surface area contributed by atoms with Crippen LogP contribution in [0, 0.1) is 0 Å². The van der Waals surface area contributed by atoms with E-state index in [0.717, 1.165) is 11.3 Å². The van der Waals surface area contributed by atoms with Crippen LogP contribution in [0.5, 0.6) is 5.75 Å². The zero-order valence-electron chi connectivity index (χ0n) is 12.5. The van der Waals surface area contributed by atoms with Crippen LogP contribution >= 0.6 is 11.8 Å². The predicted octanol–water partition coefficient (Wildman–Crippen LogP) is 3.55. The summed E-state index contributed by atoms with van der Waals surface area (Å²) < 4.78 is 30.0. The number of nitrogens with two attached hydrogens (primary N) is 1. The molecule has 1 heterocycles. The molecular weight excluding hydrogens is 334 g/mol. The lowest BCUT2D eigenvalue weighted by molar-refractivity contribution is -0.0498. The fourth-order valence-corrected chi connectivity index (χ4v) is 2.89. The van der Waals surface area contributed by atoms with Gasteiger partial charge < -0.3 is 10.6 Å². The highest BCUT2D eigenvalue weighted by Crippen LogP contribution is 2.25. The molecule has 8 heteroatoms. The molecule has 0 amide bonds. The summed E-state index contributed by atoms with van der Waals surface area (Å²) in [7, 11) is 0. The van der Waals surface area contributed by atoms with Gasteiger partial charge in [0, 0.05) is 11.3 Å². The highest BCUT2D eigenvalue weighted by Gasteiger charge is 2.13. The zero-order valence-corrected chi connectivity index (χ0v) is 13.3. The Labute approximate surface area is 141 Å². The van der Waals surface area contributed by atoms with Gasteiger partial charge in [-0.05, 0) is 29.8 Å². The molecule has 24 heavy (non-hydrogen) atoms. The lowest BCUT2D eigenvalue weighted by Crippen LogP contribution is -2.11. The Morgan fingerprint density at radius 2 is 1.75 bits per heavy atom. The van der Waals surface area contributed by atoms with E-state index in [1.165, 1.54) is 28.6 Å². The van der Waals surface area contributed by atoms with Crippen LogP contribution in [0.25, 0.3) is 11.4 Å². The van der Waals surface area contributed by atoms with Gasteiger partial charge in [-0.1, -0.05) is 42.1 Å². The van der Waals surface area contributed by atoms with Crippen molar-refractivity contribution in [2.24, 2.45) is 0 Å². The highest BCUT2D eigenvalue weighted by atomic mass is 32.2. The Morgan fingerprint density at radius 3 is 2.42 bits per heavy atom. The third kappa shape index (κ3) is 3.83. The monoisotopic (exact) mass is 348 g/mol. The predicted molar refractivity (Wildman–Crippen MR) is 88.2 cm³/mol. The summed E-state index contributed by atoms with van der Waals surface area (Å²) in [6.45, 7) is -2.85. The molecule has 0 aliphatic heterocycles. The van der Waals surface area contributed by atoms with Crippen molar-refractivity contribution in [3.63, 3.8) is 0 Å². The van der Waals surface area contributed by atoms with Gasteiger partial charge in [-0.25, -0.2) is 4.68 Å². The van der Waals surface area contributed by atoms with Crippen LogP contribution in [0.15, 0.2) is 59.8 Å². The minimum absolute atomic E-state index is 0.0792. The Bertz CT molecular complexity index is 794. The molecule has 2 N–H and O–H groups in total. The maximum absolute atomic E-state index is 12.2. The van der Waals surface area contributed by atoms with E-state index >= 15 is 0 Å². The van der Waals surface area contributed by atoms with Crippen molar-refractivity contribution in [3.8, 4) is 17.1 Å². The molecule has 0 atom stereocenters. The van der Waals surface area contributed by atoms with Crippen molar-refractivity contribution in [3.05, 3.63) is 60.2 Å². The molecule has 0 aliphatic rings. The summed E-state index contributed by atoms with van der Waals surface area (Å²) in [6, 6.07) is 16.0. The van der Waals surface area contributed by atoms with Gasteiger partial charge in [0.15, 0.2) is 5.82 Å². The minimum atomic E-state index is -2.85. The molecule has 3 aromatic rings. The standard InChI is InChI=1S/C16H14F2N4OS/c17-15(18)23-13-8-6-12(7-9-13)14-20-21-16(22(14)19)24-10-11-4-2-1-3-5-11/h1-9,15H,10,19H2. The number of nitrogens with zero attached hydrogens (tertiary/aromatic N) is 3. The van der Waals surface area contributed by atoms with Crippen LogP contribution in [0.3, 0.4) is 0 Å². The van der Waals surface area contributed by atoms with Crippen LogP contribution in [0.4, 0.5) is 8.78 Å². The second kappa shape index (κ2) is 7.31. The Kier molecular flexibility index (Phi) is 4.95. The van der Waals surface area contributed by atoms with Crippen LogP contribution in [-0.2, 0) is 5.75 Å². The number of ether oxygens (including phenoxy) is 1. The first-order valence-electron chi connectivity index (χ1n) is 7.06. The zero-order chi connectivity index (χ0) is 16.9. The van der Waals surface area contributed by atoms with Gasteiger partial charge >= 0.3 is 6.61 Å². The maximum atomic E-state index is 12.2. The molecule has 0 aliphatic carbocycles. The maximum Gasteiger partial charge on any atom is 0.387 e. The van der Waals surface area contributed by atoms with Crippen molar-refractivity contribution < 1.29 is 13.5 Å². The molecule has 0 saturated carbocycles. The molecule has 0 saturated heterocycles. The van der Waals surface area contributed by atoms with E-state index in [4.69, 9.17) is 5.84 Å². The van der Waals surface area contributed by atoms with Crippen molar-refractivity contribution in [1.29, 1.82) is 0 Å². The first-order chi connectivity index (χ1) is 11.6. The number of nitrogen functional groups attached to an aromatic ring is 1. The van der Waals surface area contributed by atoms with Crippen molar-refractivity contribution in [2.75, 3.05) is 5.84 Å². The van der Waals surface area contributed by atoms with E-state index in [9.17, 15) is 8.78 Å². The number of aromatic nitrogens is 3. The van der Waals surface area contributed by atoms with Crippen LogP contribution in [-0.4, -0.2) is 21.5 Å². The molecule has 3 rings (SSSR count). The van der Waals surface area contributed by atoms with Gasteiger partial charge in [0.2, 0.25) is 5.16 Å². The average Bonchev–Trinajstić information content (AvgIpc) is 2.95. The third-order valence-electron chi connectivity index (χ3n) is 3.21. The van der Waals surface area contributed by atoms with Gasteiger partial charge in [0.05, 0.1) is 0 Å². The van der Waals surface area contributed by atoms with Gasteiger partial charge in [-0.2, -0.15) is 8.78 Å². The highest BCUT2D eigenvalue weighted by molar-refractivity contribution is 7.98. The summed E-state index contributed by atoms with van der Waals surface area (Å²) in [5.74, 6) is 7.29. The third-order valence-corrected chi connectivity index (χ3v) is 4.23. The van der Waals surface area contributed by atoms with E-state index in [-0.39, 0.29) is 5.75 Å². The molecule has 0 bridgehead atoms. The summed E-state index contributed by atoms with van der Waals surface area (Å²) in [5.41, 5.74) is 1.82. The molecule has 0 fully saturated rings. The molecular formula is C16H14F2N4OS. The second-order valence-corrected chi connectivity index (χ2v) is 5.80.